The maximum Gasteiger partial charge on any atom is 0.329 e. The number of hydrogen-bond acceptors (Lipinski definition) is 6. The fourth-order valence-corrected chi connectivity index (χ4v) is 6.47. The number of esters is 1. The van der Waals surface area contributed by atoms with E-state index in [1.54, 1.807) is 13.0 Å². The quantitative estimate of drug-likeness (QED) is 0.328. The van der Waals surface area contributed by atoms with Crippen molar-refractivity contribution in [1.29, 1.82) is 0 Å². The number of alkyl halides is 1. The molecule has 2 aliphatic heterocycles. The molecule has 226 valence electrons. The number of ketones is 1. The second kappa shape index (κ2) is 12.1. The van der Waals surface area contributed by atoms with Crippen LogP contribution >= 0.6 is 23.2 Å². The van der Waals surface area contributed by atoms with Crippen molar-refractivity contribution in [2.24, 2.45) is 5.92 Å². The molecule has 42 heavy (non-hydrogen) atoms. The van der Waals surface area contributed by atoms with Crippen LogP contribution in [0.3, 0.4) is 0 Å². The Morgan fingerprint density at radius 3 is 2.33 bits per heavy atom. The maximum absolute atomic E-state index is 15.9. The molecule has 0 spiro atoms. The topological polar surface area (TPSA) is 76.2 Å². The Morgan fingerprint density at radius 2 is 1.74 bits per heavy atom. The fourth-order valence-electron chi connectivity index (χ4n) is 5.93. The average Bonchev–Trinajstić information content (AvgIpc) is 3.75. The van der Waals surface area contributed by atoms with Crippen molar-refractivity contribution < 1.29 is 32.6 Å². The number of methoxy groups -OCH3 is 1. The number of hydrogen-bond donors (Lipinski definition) is 0. The van der Waals surface area contributed by atoms with E-state index in [0.717, 1.165) is 29.4 Å². The van der Waals surface area contributed by atoms with E-state index >= 15 is 8.78 Å². The molecule has 2 aromatic carbocycles. The molecule has 0 N–H and O–H groups in total. The van der Waals surface area contributed by atoms with Crippen LogP contribution in [0.15, 0.2) is 30.3 Å². The predicted octanol–water partition coefficient (Wildman–Crippen LogP) is 6.16. The summed E-state index contributed by atoms with van der Waals surface area (Å²) in [6.45, 7) is 4.02. The van der Waals surface area contributed by atoms with Gasteiger partial charge in [-0.25, -0.2) is 13.6 Å². The standard InChI is InChI=1S/C31H34Cl2F2N2O5/c1-17-26(38)15-37(28(17)30(40)41-3)29(39)24-13-23(19-4-5-19)27(14-25(24)34)42-16-31(35)6-8-36(9-7-31)18(2)20-10-21(32)12-22(33)11-20/h10-14,17-19,28H,4-9,15-16H2,1-3H3/t17?,18-,28-/m0/s1. The first kappa shape index (κ1) is 30.7. The fraction of sp³-hybridized carbons (Fsp3) is 0.516. The van der Waals surface area contributed by atoms with Crippen LogP contribution < -0.4 is 4.74 Å². The van der Waals surface area contributed by atoms with Crippen LogP contribution in [0.5, 0.6) is 5.75 Å². The van der Waals surface area contributed by atoms with E-state index in [0.29, 0.717) is 28.7 Å². The zero-order chi connectivity index (χ0) is 30.3. The van der Waals surface area contributed by atoms with Gasteiger partial charge in [0.25, 0.3) is 5.91 Å². The molecule has 2 heterocycles. The van der Waals surface area contributed by atoms with E-state index < -0.39 is 35.3 Å². The van der Waals surface area contributed by atoms with Crippen LogP contribution in [0.2, 0.25) is 10.0 Å². The molecule has 3 aliphatic rings. The van der Waals surface area contributed by atoms with Gasteiger partial charge in [-0.1, -0.05) is 30.1 Å². The highest BCUT2D eigenvalue weighted by Crippen LogP contribution is 2.46. The van der Waals surface area contributed by atoms with E-state index in [4.69, 9.17) is 32.7 Å². The molecule has 5 rings (SSSR count). The van der Waals surface area contributed by atoms with Gasteiger partial charge >= 0.3 is 5.97 Å². The van der Waals surface area contributed by atoms with Gasteiger partial charge in [0.2, 0.25) is 0 Å². The first-order valence-corrected chi connectivity index (χ1v) is 14.9. The first-order valence-electron chi connectivity index (χ1n) is 14.2. The minimum absolute atomic E-state index is 0.0000155. The third-order valence-electron chi connectivity index (χ3n) is 8.79. The van der Waals surface area contributed by atoms with Crippen LogP contribution in [-0.2, 0) is 14.3 Å². The first-order chi connectivity index (χ1) is 19.9. The van der Waals surface area contributed by atoms with Gasteiger partial charge in [0.1, 0.15) is 29.9 Å². The van der Waals surface area contributed by atoms with E-state index in [-0.39, 0.29) is 55.0 Å². The molecule has 1 aliphatic carbocycles. The van der Waals surface area contributed by atoms with E-state index in [1.165, 1.54) is 13.2 Å². The maximum atomic E-state index is 15.9. The van der Waals surface area contributed by atoms with Crippen molar-refractivity contribution in [3.05, 3.63) is 62.9 Å². The molecular formula is C31H34Cl2F2N2O5. The molecule has 0 aromatic heterocycles. The van der Waals surface area contributed by atoms with Crippen molar-refractivity contribution in [3.8, 4) is 5.75 Å². The van der Waals surface area contributed by atoms with E-state index in [9.17, 15) is 14.4 Å². The van der Waals surface area contributed by atoms with Gasteiger partial charge < -0.3 is 14.4 Å². The summed E-state index contributed by atoms with van der Waals surface area (Å²) in [5.74, 6) is -3.13. The van der Waals surface area contributed by atoms with Gasteiger partial charge in [0.05, 0.1) is 19.2 Å². The molecule has 1 amide bonds. The highest BCUT2D eigenvalue weighted by Gasteiger charge is 2.46. The average molecular weight is 624 g/mol. The predicted molar refractivity (Wildman–Crippen MR) is 154 cm³/mol. The van der Waals surface area contributed by atoms with Crippen molar-refractivity contribution in [1.82, 2.24) is 9.80 Å². The molecule has 0 bridgehead atoms. The zero-order valence-electron chi connectivity index (χ0n) is 23.8. The number of halogens is 4. The number of piperidine rings is 1. The van der Waals surface area contributed by atoms with Gasteiger partial charge in [0, 0.05) is 41.2 Å². The number of rotatable bonds is 8. The third-order valence-corrected chi connectivity index (χ3v) is 9.23. The Bertz CT molecular complexity index is 1370. The van der Waals surface area contributed by atoms with Gasteiger partial charge in [-0.05, 0) is 73.9 Å². The number of ether oxygens (including phenoxy) is 2. The number of carbonyl (C=O) groups is 3. The summed E-state index contributed by atoms with van der Waals surface area (Å²) < 4.78 is 42.0. The minimum atomic E-state index is -1.60. The summed E-state index contributed by atoms with van der Waals surface area (Å²) in [4.78, 5) is 41.3. The Hall–Kier alpha value is -2.75. The minimum Gasteiger partial charge on any atom is -0.490 e. The summed E-state index contributed by atoms with van der Waals surface area (Å²) in [5.41, 5.74) is -0.271. The van der Waals surface area contributed by atoms with Gasteiger partial charge in [0.15, 0.2) is 5.78 Å². The zero-order valence-corrected chi connectivity index (χ0v) is 25.3. The Morgan fingerprint density at radius 1 is 1.10 bits per heavy atom. The molecule has 7 nitrogen and oxygen atoms in total. The number of likely N-dealkylation sites (tertiary alicyclic amines) is 2. The van der Waals surface area contributed by atoms with Crippen molar-refractivity contribution in [2.45, 2.75) is 63.2 Å². The van der Waals surface area contributed by atoms with E-state index in [1.807, 2.05) is 19.1 Å². The monoisotopic (exact) mass is 622 g/mol. The molecule has 3 fully saturated rings. The third kappa shape index (κ3) is 6.29. The smallest absolute Gasteiger partial charge is 0.329 e. The second-order valence-corrected chi connectivity index (χ2v) is 12.5. The van der Waals surface area contributed by atoms with Gasteiger partial charge in [-0.3, -0.25) is 14.5 Å². The largest absolute Gasteiger partial charge is 0.490 e. The summed E-state index contributed by atoms with van der Waals surface area (Å²) in [5, 5.41) is 1.10. The molecule has 3 atom stereocenters. The van der Waals surface area contributed by atoms with Crippen LogP contribution in [-0.4, -0.2) is 72.5 Å². The molecule has 2 aromatic rings. The van der Waals surface area contributed by atoms with Crippen LogP contribution in [0.1, 0.15) is 73.0 Å². The number of nitrogens with zero attached hydrogens (tertiary/aromatic N) is 2. The van der Waals surface area contributed by atoms with Crippen LogP contribution in [0.25, 0.3) is 0 Å². The normalized spacial score (nSPS) is 23.1. The van der Waals surface area contributed by atoms with Gasteiger partial charge in [-0.2, -0.15) is 0 Å². The Kier molecular flexibility index (Phi) is 8.84. The summed E-state index contributed by atoms with van der Waals surface area (Å²) in [6.07, 6.45) is 2.14. The molecule has 0 radical (unpaired) electrons. The summed E-state index contributed by atoms with van der Waals surface area (Å²) in [6, 6.07) is 6.83. The van der Waals surface area contributed by atoms with E-state index in [2.05, 4.69) is 4.90 Å². The molecule has 11 heteroatoms. The number of amides is 1. The summed E-state index contributed by atoms with van der Waals surface area (Å²) in [7, 11) is 1.18. The summed E-state index contributed by atoms with van der Waals surface area (Å²) >= 11 is 12.3. The molecular weight excluding hydrogens is 589 g/mol. The van der Waals surface area contributed by atoms with Crippen molar-refractivity contribution in [2.75, 3.05) is 33.4 Å². The Balaban J connectivity index is 1.28. The molecule has 1 saturated carbocycles. The van der Waals surface area contributed by atoms with Gasteiger partial charge in [-0.15, -0.1) is 0 Å². The van der Waals surface area contributed by atoms with Crippen LogP contribution in [0, 0.1) is 11.7 Å². The number of benzene rings is 2. The second-order valence-electron chi connectivity index (χ2n) is 11.7. The molecule has 1 unspecified atom stereocenters. The highest BCUT2D eigenvalue weighted by atomic mass is 35.5. The lowest BCUT2D eigenvalue weighted by Gasteiger charge is -2.39. The lowest BCUT2D eigenvalue weighted by Crippen LogP contribution is -2.45. The van der Waals surface area contributed by atoms with Crippen LogP contribution in [0.4, 0.5) is 8.78 Å². The molecule has 2 saturated heterocycles. The SMILES string of the molecule is COC(=O)[C@@H]1C(C)C(=O)CN1C(=O)c1cc(C2CC2)c(OCC2(F)CCN([C@@H](C)c3cc(Cl)cc(Cl)c3)CC2)cc1F. The Labute approximate surface area is 254 Å². The highest BCUT2D eigenvalue weighted by molar-refractivity contribution is 6.34. The number of carbonyl (C=O) groups excluding carboxylic acids is 3. The lowest BCUT2D eigenvalue weighted by atomic mass is 9.92. The van der Waals surface area contributed by atoms with Crippen molar-refractivity contribution in [3.63, 3.8) is 0 Å². The number of Topliss-reactive ketones (excluding diaryl/α,β-unsaturated/α-hetero) is 1. The van der Waals surface area contributed by atoms with Crippen molar-refractivity contribution >= 4 is 40.9 Å². The lowest BCUT2D eigenvalue weighted by molar-refractivity contribution is -0.146.